The maximum atomic E-state index is 13.3. The smallest absolute Gasteiger partial charge is 0.333 e. The molecule has 0 aliphatic heterocycles. The van der Waals surface area contributed by atoms with Crippen LogP contribution >= 0.6 is 0 Å². The van der Waals surface area contributed by atoms with Crippen LogP contribution in [0.1, 0.15) is 38.5 Å². The number of aromatic nitrogens is 2. The van der Waals surface area contributed by atoms with E-state index in [1.807, 2.05) is 36.5 Å². The molecule has 0 amide bonds. The van der Waals surface area contributed by atoms with Gasteiger partial charge in [-0.05, 0) is 37.1 Å². The molecule has 5 nitrogen and oxygen atoms in total. The van der Waals surface area contributed by atoms with Gasteiger partial charge in [0.05, 0.1) is 11.4 Å². The molecule has 6 heteroatoms. The lowest BCUT2D eigenvalue weighted by atomic mass is 10.1. The molecule has 0 saturated carbocycles. The number of carbonyl (C=O) groups is 1. The largest absolute Gasteiger partial charge is 0.481 e. The zero-order valence-electron chi connectivity index (χ0n) is 16.3. The number of halogens is 1. The second-order valence-corrected chi connectivity index (χ2v) is 7.08. The molecule has 1 N–H and O–H groups in total. The fourth-order valence-electron chi connectivity index (χ4n) is 3.39. The highest BCUT2D eigenvalue weighted by Gasteiger charge is 2.14. The Morgan fingerprint density at radius 2 is 1.55 bits per heavy atom. The van der Waals surface area contributed by atoms with E-state index in [0.717, 1.165) is 36.9 Å². The number of nitrogens with zero attached hydrogens (tertiary/aromatic N) is 2. The molecule has 1 heterocycles. The van der Waals surface area contributed by atoms with Gasteiger partial charge in [0.1, 0.15) is 5.82 Å². The molecular weight excluding hydrogens is 371 g/mol. The zero-order chi connectivity index (χ0) is 20.6. The minimum absolute atomic E-state index is 0.152. The number of hydrogen-bond acceptors (Lipinski definition) is 2. The summed E-state index contributed by atoms with van der Waals surface area (Å²) in [6.45, 7) is 0.589. The van der Waals surface area contributed by atoms with Crippen molar-refractivity contribution in [3.63, 3.8) is 0 Å². The van der Waals surface area contributed by atoms with Gasteiger partial charge in [0.15, 0.2) is 0 Å². The summed E-state index contributed by atoms with van der Waals surface area (Å²) in [5.41, 5.74) is 2.16. The fourth-order valence-corrected chi connectivity index (χ4v) is 3.39. The molecule has 0 radical (unpaired) electrons. The van der Waals surface area contributed by atoms with Crippen LogP contribution < -0.4 is 5.69 Å². The summed E-state index contributed by atoms with van der Waals surface area (Å²) in [7, 11) is 0. The van der Waals surface area contributed by atoms with Crippen molar-refractivity contribution < 1.29 is 14.3 Å². The first-order valence-corrected chi connectivity index (χ1v) is 9.91. The van der Waals surface area contributed by atoms with Gasteiger partial charge in [-0.1, -0.05) is 49.6 Å². The van der Waals surface area contributed by atoms with Crippen LogP contribution in [-0.2, 0) is 11.3 Å². The summed E-state index contributed by atoms with van der Waals surface area (Å²) in [5, 5.41) is 8.67. The third-order valence-electron chi connectivity index (χ3n) is 4.90. The Kier molecular flexibility index (Phi) is 7.00. The molecule has 0 saturated heterocycles. The van der Waals surface area contributed by atoms with Gasteiger partial charge in [-0.25, -0.2) is 9.18 Å². The first kappa shape index (κ1) is 20.6. The number of unbranched alkanes of at least 4 members (excludes halogenated alkanes) is 4. The molecule has 0 bridgehead atoms. The molecule has 29 heavy (non-hydrogen) atoms. The lowest BCUT2D eigenvalue weighted by Gasteiger charge is -2.07. The molecule has 0 fully saturated rings. The van der Waals surface area contributed by atoms with Crippen LogP contribution in [0.15, 0.2) is 65.6 Å². The minimum atomic E-state index is -0.757. The highest BCUT2D eigenvalue weighted by atomic mass is 19.1. The Morgan fingerprint density at radius 3 is 2.24 bits per heavy atom. The van der Waals surface area contributed by atoms with E-state index in [1.54, 1.807) is 21.3 Å². The van der Waals surface area contributed by atoms with Gasteiger partial charge in [0.2, 0.25) is 0 Å². The van der Waals surface area contributed by atoms with Crippen molar-refractivity contribution in [1.29, 1.82) is 0 Å². The van der Waals surface area contributed by atoms with E-state index in [4.69, 9.17) is 5.11 Å². The summed E-state index contributed by atoms with van der Waals surface area (Å²) in [5.74, 6) is -1.10. The number of aliphatic carboxylic acids is 1. The van der Waals surface area contributed by atoms with Gasteiger partial charge in [0, 0.05) is 24.7 Å². The van der Waals surface area contributed by atoms with E-state index in [1.165, 1.54) is 12.1 Å². The highest BCUT2D eigenvalue weighted by molar-refractivity contribution is 5.66. The molecule has 2 aromatic carbocycles. The highest BCUT2D eigenvalue weighted by Crippen LogP contribution is 2.22. The molecule has 0 spiro atoms. The Labute approximate surface area is 169 Å². The van der Waals surface area contributed by atoms with Crippen molar-refractivity contribution in [2.75, 3.05) is 0 Å². The summed E-state index contributed by atoms with van der Waals surface area (Å²) in [4.78, 5) is 23.6. The maximum absolute atomic E-state index is 13.3. The van der Waals surface area contributed by atoms with E-state index in [9.17, 15) is 14.0 Å². The first-order chi connectivity index (χ1) is 14.1. The van der Waals surface area contributed by atoms with Crippen LogP contribution in [0, 0.1) is 5.82 Å². The van der Waals surface area contributed by atoms with Crippen LogP contribution in [0.2, 0.25) is 0 Å². The van der Waals surface area contributed by atoms with Gasteiger partial charge in [-0.15, -0.1) is 0 Å². The molecule has 0 unspecified atom stereocenters. The predicted molar refractivity (Wildman–Crippen MR) is 111 cm³/mol. The number of imidazole rings is 1. The van der Waals surface area contributed by atoms with E-state index < -0.39 is 5.97 Å². The molecule has 3 rings (SSSR count). The third-order valence-corrected chi connectivity index (χ3v) is 4.90. The van der Waals surface area contributed by atoms with Crippen molar-refractivity contribution in [2.45, 2.75) is 45.1 Å². The number of carboxylic acid groups (broad SMARTS) is 1. The second kappa shape index (κ2) is 9.87. The van der Waals surface area contributed by atoms with Crippen molar-refractivity contribution in [1.82, 2.24) is 9.13 Å². The van der Waals surface area contributed by atoms with Gasteiger partial charge in [-0.3, -0.25) is 13.9 Å². The zero-order valence-corrected chi connectivity index (χ0v) is 16.3. The Bertz CT molecular complexity index is 991. The quantitative estimate of drug-likeness (QED) is 0.497. The van der Waals surface area contributed by atoms with Gasteiger partial charge < -0.3 is 5.11 Å². The molecule has 152 valence electrons. The van der Waals surface area contributed by atoms with Crippen LogP contribution in [0.25, 0.3) is 16.9 Å². The Balaban J connectivity index is 1.76. The lowest BCUT2D eigenvalue weighted by Crippen LogP contribution is -2.23. The summed E-state index contributed by atoms with van der Waals surface area (Å²) in [6.07, 6.45) is 6.36. The van der Waals surface area contributed by atoms with Crippen molar-refractivity contribution in [2.24, 2.45) is 0 Å². The van der Waals surface area contributed by atoms with Crippen molar-refractivity contribution in [3.8, 4) is 16.9 Å². The topological polar surface area (TPSA) is 64.2 Å². The van der Waals surface area contributed by atoms with Crippen LogP contribution in [0.5, 0.6) is 0 Å². The Hall–Kier alpha value is -3.15. The summed E-state index contributed by atoms with van der Waals surface area (Å²) in [6, 6.07) is 15.6. The number of hydrogen-bond donors (Lipinski definition) is 1. The summed E-state index contributed by atoms with van der Waals surface area (Å²) >= 11 is 0. The SMILES string of the molecule is O=C(O)CCCCCCCn1cc(-c2ccccc2)n(-c2ccc(F)cc2)c1=O. The van der Waals surface area contributed by atoms with Gasteiger partial charge in [0.25, 0.3) is 0 Å². The van der Waals surface area contributed by atoms with Crippen molar-refractivity contribution >= 4 is 5.97 Å². The molecule has 3 aromatic rings. The average molecular weight is 396 g/mol. The molecule has 0 aliphatic carbocycles. The van der Waals surface area contributed by atoms with Crippen molar-refractivity contribution in [3.05, 3.63) is 77.1 Å². The van der Waals surface area contributed by atoms with Crippen LogP contribution in [0.4, 0.5) is 4.39 Å². The van der Waals surface area contributed by atoms with Gasteiger partial charge in [-0.2, -0.15) is 0 Å². The minimum Gasteiger partial charge on any atom is -0.481 e. The van der Waals surface area contributed by atoms with Crippen LogP contribution in [-0.4, -0.2) is 20.2 Å². The van der Waals surface area contributed by atoms with E-state index in [2.05, 4.69) is 0 Å². The molecule has 0 aliphatic rings. The monoisotopic (exact) mass is 396 g/mol. The normalized spacial score (nSPS) is 10.9. The fraction of sp³-hybridized carbons (Fsp3) is 0.304. The number of rotatable bonds is 10. The third kappa shape index (κ3) is 5.44. The Morgan fingerprint density at radius 1 is 0.897 bits per heavy atom. The lowest BCUT2D eigenvalue weighted by molar-refractivity contribution is -0.137. The number of benzene rings is 2. The molecule has 1 aromatic heterocycles. The van der Waals surface area contributed by atoms with E-state index >= 15 is 0 Å². The number of aryl methyl sites for hydroxylation is 1. The first-order valence-electron chi connectivity index (χ1n) is 9.91. The number of carboxylic acids is 1. The average Bonchev–Trinajstić information content (AvgIpc) is 3.05. The van der Waals surface area contributed by atoms with Crippen LogP contribution in [0.3, 0.4) is 0 Å². The van der Waals surface area contributed by atoms with Gasteiger partial charge >= 0.3 is 11.7 Å². The molecular formula is C23H25FN2O3. The van der Waals surface area contributed by atoms with E-state index in [0.29, 0.717) is 18.7 Å². The second-order valence-electron chi connectivity index (χ2n) is 7.08. The van der Waals surface area contributed by atoms with E-state index in [-0.39, 0.29) is 17.9 Å². The summed E-state index contributed by atoms with van der Waals surface area (Å²) < 4.78 is 16.7. The maximum Gasteiger partial charge on any atom is 0.333 e. The molecule has 0 atom stereocenters. The standard InChI is InChI=1S/C23H25FN2O3/c24-19-12-14-20(15-13-19)26-21(18-9-5-4-6-10-18)17-25(23(26)29)16-8-3-1-2-7-11-22(27)28/h4-6,9-10,12-15,17H,1-3,7-8,11,16H2,(H,27,28). The predicted octanol–water partition coefficient (Wildman–Crippen LogP) is 4.87.